The molecule has 2 aliphatic heterocycles. The van der Waals surface area contributed by atoms with Crippen molar-refractivity contribution >= 4 is 11.8 Å². The maximum atomic E-state index is 13.1. The third kappa shape index (κ3) is 3.99. The Morgan fingerprint density at radius 2 is 1.68 bits per heavy atom. The molecule has 0 saturated carbocycles. The molecule has 2 aliphatic rings. The van der Waals surface area contributed by atoms with Gasteiger partial charge in [-0.2, -0.15) is 0 Å². The number of amides is 1. The number of methoxy groups -OCH3 is 1. The fourth-order valence-corrected chi connectivity index (χ4v) is 4.45. The third-order valence-electron chi connectivity index (χ3n) is 6.11. The lowest BCUT2D eigenvalue weighted by Gasteiger charge is -2.36. The van der Waals surface area contributed by atoms with Gasteiger partial charge in [-0.25, -0.2) is 4.79 Å². The summed E-state index contributed by atoms with van der Waals surface area (Å²) in [6.07, 6.45) is 4.03. The number of fused-ring (bicyclic) bond motifs is 2. The summed E-state index contributed by atoms with van der Waals surface area (Å²) in [4.78, 5) is 17.3. The topological polar surface area (TPSA) is 42.0 Å². The Bertz CT molecular complexity index is 779. The van der Waals surface area contributed by atoms with Crippen molar-refractivity contribution in [2.45, 2.75) is 50.4 Å². The summed E-state index contributed by atoms with van der Waals surface area (Å²) in [6, 6.07) is 18.6. The molecule has 5 heteroatoms. The van der Waals surface area contributed by atoms with Crippen LogP contribution in [-0.2, 0) is 11.3 Å². The molecule has 1 amide bonds. The van der Waals surface area contributed by atoms with E-state index < -0.39 is 0 Å². The number of hydrogen-bond donors (Lipinski definition) is 0. The van der Waals surface area contributed by atoms with E-state index in [2.05, 4.69) is 11.9 Å². The minimum absolute atomic E-state index is 0.00304. The molecule has 1 unspecified atom stereocenters. The molecule has 2 heterocycles. The minimum atomic E-state index is -0.268. The van der Waals surface area contributed by atoms with Gasteiger partial charge in [-0.05, 0) is 49.7 Å². The van der Waals surface area contributed by atoms with Gasteiger partial charge in [0.05, 0.1) is 13.7 Å². The van der Waals surface area contributed by atoms with E-state index in [4.69, 9.17) is 9.47 Å². The number of carbonyl (C=O) groups is 1. The van der Waals surface area contributed by atoms with Crippen molar-refractivity contribution in [1.29, 1.82) is 0 Å². The van der Waals surface area contributed by atoms with Crippen LogP contribution in [0.2, 0.25) is 0 Å². The van der Waals surface area contributed by atoms with Crippen LogP contribution < -0.4 is 9.64 Å². The Hall–Kier alpha value is -2.53. The quantitative estimate of drug-likeness (QED) is 0.768. The van der Waals surface area contributed by atoms with Gasteiger partial charge in [0.1, 0.15) is 11.9 Å². The lowest BCUT2D eigenvalue weighted by molar-refractivity contribution is 0.0314. The van der Waals surface area contributed by atoms with Crippen LogP contribution in [0.15, 0.2) is 54.6 Å². The summed E-state index contributed by atoms with van der Waals surface area (Å²) >= 11 is 0. The van der Waals surface area contributed by atoms with Crippen molar-refractivity contribution in [3.63, 3.8) is 0 Å². The van der Waals surface area contributed by atoms with E-state index in [-0.39, 0.29) is 12.2 Å². The van der Waals surface area contributed by atoms with Crippen LogP contribution in [0.5, 0.6) is 5.75 Å². The largest absolute Gasteiger partial charge is 0.497 e. The minimum Gasteiger partial charge on any atom is -0.497 e. The second kappa shape index (κ2) is 8.23. The first-order valence-electron chi connectivity index (χ1n) is 10.0. The molecule has 0 N–H and O–H groups in total. The normalized spacial score (nSPS) is 24.0. The predicted octanol–water partition coefficient (Wildman–Crippen LogP) is 4.46. The van der Waals surface area contributed by atoms with Crippen molar-refractivity contribution in [3.05, 3.63) is 60.2 Å². The predicted molar refractivity (Wildman–Crippen MR) is 110 cm³/mol. The van der Waals surface area contributed by atoms with Crippen molar-refractivity contribution < 1.29 is 14.3 Å². The van der Waals surface area contributed by atoms with Crippen LogP contribution in [0.1, 0.15) is 31.2 Å². The number of piperidine rings is 1. The molecular formula is C23H28N2O3. The van der Waals surface area contributed by atoms with E-state index in [9.17, 15) is 4.79 Å². The number of anilines is 1. The van der Waals surface area contributed by atoms with Gasteiger partial charge in [-0.1, -0.05) is 30.3 Å². The Morgan fingerprint density at radius 1 is 1.04 bits per heavy atom. The fraction of sp³-hybridized carbons (Fsp3) is 0.435. The third-order valence-corrected chi connectivity index (χ3v) is 6.11. The van der Waals surface area contributed by atoms with Crippen LogP contribution in [0, 0.1) is 0 Å². The summed E-state index contributed by atoms with van der Waals surface area (Å²) < 4.78 is 11.2. The van der Waals surface area contributed by atoms with Crippen molar-refractivity contribution in [3.8, 4) is 5.75 Å². The molecule has 0 radical (unpaired) electrons. The summed E-state index contributed by atoms with van der Waals surface area (Å²) in [7, 11) is 3.84. The van der Waals surface area contributed by atoms with Crippen LogP contribution >= 0.6 is 0 Å². The van der Waals surface area contributed by atoms with Gasteiger partial charge in [0.25, 0.3) is 0 Å². The van der Waals surface area contributed by atoms with Crippen LogP contribution in [0.4, 0.5) is 10.5 Å². The van der Waals surface area contributed by atoms with Gasteiger partial charge in [-0.3, -0.25) is 4.90 Å². The maximum Gasteiger partial charge on any atom is 0.414 e. The molecule has 3 atom stereocenters. The number of hydrogen-bond acceptors (Lipinski definition) is 4. The highest BCUT2D eigenvalue weighted by Crippen LogP contribution is 2.36. The van der Waals surface area contributed by atoms with E-state index in [1.54, 1.807) is 12.0 Å². The van der Waals surface area contributed by atoms with Gasteiger partial charge < -0.3 is 14.4 Å². The highest BCUT2D eigenvalue weighted by Gasteiger charge is 2.40. The van der Waals surface area contributed by atoms with E-state index in [0.717, 1.165) is 29.8 Å². The van der Waals surface area contributed by atoms with Crippen LogP contribution in [0.25, 0.3) is 0 Å². The van der Waals surface area contributed by atoms with E-state index in [0.29, 0.717) is 18.6 Å². The molecule has 0 spiro atoms. The van der Waals surface area contributed by atoms with Crippen molar-refractivity contribution in [2.24, 2.45) is 0 Å². The molecule has 2 aromatic rings. The van der Waals surface area contributed by atoms with Crippen molar-refractivity contribution in [1.82, 2.24) is 4.90 Å². The number of nitrogens with zero attached hydrogens (tertiary/aromatic N) is 2. The first-order chi connectivity index (χ1) is 13.6. The number of benzene rings is 2. The molecule has 5 nitrogen and oxygen atoms in total. The molecule has 4 rings (SSSR count). The van der Waals surface area contributed by atoms with Crippen molar-refractivity contribution in [2.75, 3.05) is 19.1 Å². The Balaban J connectivity index is 1.49. The average Bonchev–Trinajstić information content (AvgIpc) is 2.93. The van der Waals surface area contributed by atoms with Gasteiger partial charge >= 0.3 is 6.09 Å². The SMILES string of the molecule is COc1ccc(CN(C(=O)OC2C[C@H]3CC[C@@H](C2)N3C)c2ccccc2)cc1. The molecule has 0 aromatic heterocycles. The number of ether oxygens (including phenoxy) is 2. The number of para-hydroxylation sites is 1. The zero-order chi connectivity index (χ0) is 19.5. The summed E-state index contributed by atoms with van der Waals surface area (Å²) in [5.74, 6) is 0.805. The Kier molecular flexibility index (Phi) is 5.53. The highest BCUT2D eigenvalue weighted by molar-refractivity contribution is 5.87. The molecule has 2 fully saturated rings. The maximum absolute atomic E-state index is 13.1. The Morgan fingerprint density at radius 3 is 2.29 bits per heavy atom. The standard InChI is InChI=1S/C23H28N2O3/c1-24-19-10-11-20(24)15-22(14-19)28-23(26)25(18-6-4-3-5-7-18)16-17-8-12-21(27-2)13-9-17/h3-9,12-13,19-20,22H,10-11,14-16H2,1-2H3/t19-,20+,22?. The summed E-state index contributed by atoms with van der Waals surface area (Å²) in [5.41, 5.74) is 1.88. The first-order valence-corrected chi connectivity index (χ1v) is 10.0. The molecule has 2 aromatic carbocycles. The highest BCUT2D eigenvalue weighted by atomic mass is 16.6. The van der Waals surface area contributed by atoms with Gasteiger partial charge in [0, 0.05) is 30.6 Å². The zero-order valence-corrected chi connectivity index (χ0v) is 16.6. The fourth-order valence-electron chi connectivity index (χ4n) is 4.45. The molecule has 28 heavy (non-hydrogen) atoms. The monoisotopic (exact) mass is 380 g/mol. The molecule has 0 aliphatic carbocycles. The average molecular weight is 380 g/mol. The van der Waals surface area contributed by atoms with Gasteiger partial charge in [0.15, 0.2) is 0 Å². The van der Waals surface area contributed by atoms with E-state index in [1.807, 2.05) is 54.6 Å². The van der Waals surface area contributed by atoms with E-state index >= 15 is 0 Å². The summed E-state index contributed by atoms with van der Waals surface area (Å²) in [5, 5.41) is 0. The zero-order valence-electron chi connectivity index (χ0n) is 16.6. The van der Waals surface area contributed by atoms with Crippen LogP contribution in [-0.4, -0.2) is 43.3 Å². The lowest BCUT2D eigenvalue weighted by atomic mass is 10.0. The molecule has 2 saturated heterocycles. The molecule has 2 bridgehead atoms. The smallest absolute Gasteiger partial charge is 0.414 e. The van der Waals surface area contributed by atoms with Gasteiger partial charge in [0.2, 0.25) is 0 Å². The lowest BCUT2D eigenvalue weighted by Crippen LogP contribution is -2.45. The second-order valence-corrected chi connectivity index (χ2v) is 7.80. The summed E-state index contributed by atoms with van der Waals surface area (Å²) in [6.45, 7) is 0.465. The van der Waals surface area contributed by atoms with Crippen LogP contribution in [0.3, 0.4) is 0 Å². The Labute approximate surface area is 166 Å². The molecule has 148 valence electrons. The first kappa shape index (κ1) is 18.8. The van der Waals surface area contributed by atoms with E-state index in [1.165, 1.54) is 12.8 Å². The number of carbonyl (C=O) groups excluding carboxylic acids is 1. The number of rotatable bonds is 5. The second-order valence-electron chi connectivity index (χ2n) is 7.80. The molecular weight excluding hydrogens is 352 g/mol. The van der Waals surface area contributed by atoms with Gasteiger partial charge in [-0.15, -0.1) is 0 Å².